The third-order valence-electron chi connectivity index (χ3n) is 1.72. The second kappa shape index (κ2) is 2.51. The topological polar surface area (TPSA) is 0 Å². The Hall–Kier alpha value is 0.217. The van der Waals surface area contributed by atoms with E-state index in [-0.39, 0.29) is 0 Å². The third-order valence-corrected chi connectivity index (χ3v) is 2.70. The number of rotatable bonds is 2. The Labute approximate surface area is 48.1 Å². The Balaban J connectivity index is 1.93. The van der Waals surface area contributed by atoms with Crippen LogP contribution in [0.5, 0.6) is 0 Å². The van der Waals surface area contributed by atoms with E-state index in [1.807, 2.05) is 0 Å². The summed E-state index contributed by atoms with van der Waals surface area (Å²) in [5.41, 5.74) is 0. The molecule has 7 heavy (non-hydrogen) atoms. The summed E-state index contributed by atoms with van der Waals surface area (Å²) in [4.78, 5) is 0. The van der Waals surface area contributed by atoms with E-state index in [1.165, 1.54) is 34.8 Å². The fourth-order valence-electron chi connectivity index (χ4n) is 0.986. The molecule has 0 aliphatic heterocycles. The van der Waals surface area contributed by atoms with Gasteiger partial charge in [-0.1, -0.05) is 31.9 Å². The van der Waals surface area contributed by atoms with E-state index in [9.17, 15) is 0 Å². The van der Waals surface area contributed by atoms with E-state index in [4.69, 9.17) is 0 Å². The minimum absolute atomic E-state index is 1.14. The van der Waals surface area contributed by atoms with Crippen molar-refractivity contribution in [2.45, 2.75) is 31.9 Å². The molecule has 1 aliphatic rings. The van der Waals surface area contributed by atoms with Crippen LogP contribution in [-0.2, 0) is 0 Å². The summed E-state index contributed by atoms with van der Waals surface area (Å²) in [5, 5.41) is 0. The van der Waals surface area contributed by atoms with E-state index in [0.29, 0.717) is 0 Å². The van der Waals surface area contributed by atoms with Gasteiger partial charge in [-0.25, -0.2) is 0 Å². The van der Waals surface area contributed by atoms with Crippen LogP contribution in [0.25, 0.3) is 0 Å². The first-order valence-electron chi connectivity index (χ1n) is 3.08. The van der Waals surface area contributed by atoms with Crippen molar-refractivity contribution in [2.75, 3.05) is 0 Å². The van der Waals surface area contributed by atoms with Crippen LogP contribution in [0, 0.1) is 5.92 Å². The van der Waals surface area contributed by atoms with Crippen molar-refractivity contribution in [3.8, 4) is 0 Å². The lowest BCUT2D eigenvalue weighted by molar-refractivity contribution is 0.346. The third kappa shape index (κ3) is 1.30. The van der Waals surface area contributed by atoms with Gasteiger partial charge in [-0.05, 0) is 5.92 Å². The zero-order valence-electron chi connectivity index (χ0n) is 4.91. The molecular formula is C6H12Si. The molecule has 1 heteroatoms. The van der Waals surface area contributed by atoms with Crippen molar-refractivity contribution in [3.05, 3.63) is 0 Å². The Morgan fingerprint density at radius 1 is 1.57 bits per heavy atom. The quantitative estimate of drug-likeness (QED) is 0.479. The van der Waals surface area contributed by atoms with Crippen molar-refractivity contribution in [3.63, 3.8) is 0 Å². The van der Waals surface area contributed by atoms with Gasteiger partial charge in [0.15, 0.2) is 0 Å². The molecule has 0 unspecified atom stereocenters. The zero-order chi connectivity index (χ0) is 5.11. The fourth-order valence-corrected chi connectivity index (χ4v) is 1.97. The molecule has 0 heterocycles. The van der Waals surface area contributed by atoms with Gasteiger partial charge in [-0.2, -0.15) is 0 Å². The molecular weight excluding hydrogens is 100 g/mol. The molecule has 40 valence electrons. The fraction of sp³-hybridized carbons (Fsp3) is 1.00. The van der Waals surface area contributed by atoms with E-state index in [1.54, 1.807) is 0 Å². The first-order chi connectivity index (χ1) is 3.43. The second-order valence-corrected chi connectivity index (χ2v) is 3.47. The Morgan fingerprint density at radius 2 is 2.29 bits per heavy atom. The van der Waals surface area contributed by atoms with Gasteiger partial charge in [0.25, 0.3) is 0 Å². The van der Waals surface area contributed by atoms with E-state index >= 15 is 0 Å². The highest BCUT2D eigenvalue weighted by Gasteiger charge is 2.15. The standard InChI is InChI=1S/C6H12Si/c1-7-5-6-3-2-4-6/h6H,2-5H2,1H3. The summed E-state index contributed by atoms with van der Waals surface area (Å²) >= 11 is 0. The average Bonchev–Trinajstić information content (AvgIpc) is 1.55. The molecule has 0 bridgehead atoms. The maximum atomic E-state index is 2.30. The van der Waals surface area contributed by atoms with Crippen LogP contribution in [-0.4, -0.2) is 9.52 Å². The van der Waals surface area contributed by atoms with Crippen LogP contribution >= 0.6 is 0 Å². The molecule has 0 nitrogen and oxygen atoms in total. The van der Waals surface area contributed by atoms with Crippen LogP contribution in [0.15, 0.2) is 0 Å². The molecule has 1 rings (SSSR count). The summed E-state index contributed by atoms with van der Waals surface area (Å²) in [6.07, 6.45) is 4.57. The minimum atomic E-state index is 1.14. The van der Waals surface area contributed by atoms with Gasteiger partial charge < -0.3 is 0 Å². The van der Waals surface area contributed by atoms with Crippen LogP contribution in [0.4, 0.5) is 0 Å². The number of hydrogen-bond acceptors (Lipinski definition) is 0. The molecule has 0 amide bonds. The normalized spacial score (nSPS) is 21.9. The maximum Gasteiger partial charge on any atom is 0.0345 e. The molecule has 0 saturated heterocycles. The average molecular weight is 112 g/mol. The molecule has 1 fully saturated rings. The van der Waals surface area contributed by atoms with Gasteiger partial charge in [0.1, 0.15) is 0 Å². The molecule has 0 aromatic heterocycles. The van der Waals surface area contributed by atoms with Crippen LogP contribution in [0.1, 0.15) is 19.3 Å². The summed E-state index contributed by atoms with van der Waals surface area (Å²) in [6, 6.07) is 1.51. The lowest BCUT2D eigenvalue weighted by Gasteiger charge is -2.23. The predicted octanol–water partition coefficient (Wildman–Crippen LogP) is 1.96. The van der Waals surface area contributed by atoms with Crippen molar-refractivity contribution in [1.82, 2.24) is 0 Å². The van der Waals surface area contributed by atoms with Crippen LogP contribution in [0.2, 0.25) is 12.6 Å². The molecule has 0 atom stereocenters. The predicted molar refractivity (Wildman–Crippen MR) is 33.8 cm³/mol. The summed E-state index contributed by atoms with van der Waals surface area (Å²) in [6.45, 7) is 2.30. The largest absolute Gasteiger partial charge is 0.0733 e. The van der Waals surface area contributed by atoms with Gasteiger partial charge in [0.2, 0.25) is 0 Å². The van der Waals surface area contributed by atoms with Gasteiger partial charge in [0.05, 0.1) is 0 Å². The molecule has 0 aromatic rings. The first-order valence-corrected chi connectivity index (χ1v) is 4.79. The summed E-state index contributed by atoms with van der Waals surface area (Å²) in [5.74, 6) is 1.14. The maximum absolute atomic E-state index is 2.30. The highest BCUT2D eigenvalue weighted by atomic mass is 28.2. The zero-order valence-corrected chi connectivity index (χ0v) is 5.91. The monoisotopic (exact) mass is 112 g/mol. The van der Waals surface area contributed by atoms with Gasteiger partial charge in [-0.3, -0.25) is 0 Å². The number of hydrogen-bond donors (Lipinski definition) is 0. The van der Waals surface area contributed by atoms with Crippen molar-refractivity contribution >= 4 is 9.52 Å². The molecule has 0 spiro atoms. The second-order valence-electron chi connectivity index (χ2n) is 2.35. The van der Waals surface area contributed by atoms with Gasteiger partial charge in [-0.15, -0.1) is 0 Å². The van der Waals surface area contributed by atoms with Crippen LogP contribution in [0.3, 0.4) is 0 Å². The highest BCUT2D eigenvalue weighted by molar-refractivity contribution is 6.33. The van der Waals surface area contributed by atoms with Crippen molar-refractivity contribution in [1.29, 1.82) is 0 Å². The molecule has 1 aliphatic carbocycles. The Kier molecular flexibility index (Phi) is 1.92. The SMILES string of the molecule is C[Si]CC1CCC1. The van der Waals surface area contributed by atoms with Crippen molar-refractivity contribution in [2.24, 2.45) is 5.92 Å². The minimum Gasteiger partial charge on any atom is -0.0733 e. The smallest absolute Gasteiger partial charge is 0.0345 e. The Bertz CT molecular complexity index is 48.1. The molecule has 0 aromatic carbocycles. The lowest BCUT2D eigenvalue weighted by atomic mass is 9.87. The van der Waals surface area contributed by atoms with E-state index in [2.05, 4.69) is 6.55 Å². The molecule has 0 N–H and O–H groups in total. The molecule has 2 radical (unpaired) electrons. The van der Waals surface area contributed by atoms with Crippen molar-refractivity contribution < 1.29 is 0 Å². The van der Waals surface area contributed by atoms with E-state index < -0.39 is 0 Å². The molecule has 1 saturated carbocycles. The van der Waals surface area contributed by atoms with Gasteiger partial charge >= 0.3 is 0 Å². The summed E-state index contributed by atoms with van der Waals surface area (Å²) < 4.78 is 0. The lowest BCUT2D eigenvalue weighted by Crippen LogP contribution is -2.11. The Morgan fingerprint density at radius 3 is 2.43 bits per heavy atom. The first kappa shape index (κ1) is 5.36. The van der Waals surface area contributed by atoms with Crippen LogP contribution < -0.4 is 0 Å². The highest BCUT2D eigenvalue weighted by Crippen LogP contribution is 2.29. The summed E-state index contributed by atoms with van der Waals surface area (Å²) in [7, 11) is 1.20. The van der Waals surface area contributed by atoms with E-state index in [0.717, 1.165) is 5.92 Å². The van der Waals surface area contributed by atoms with Gasteiger partial charge in [0, 0.05) is 9.52 Å².